The maximum absolute atomic E-state index is 11.8. The lowest BCUT2D eigenvalue weighted by Crippen LogP contribution is -2.24. The minimum atomic E-state index is -3.56. The lowest BCUT2D eigenvalue weighted by molar-refractivity contribution is 0.399. The van der Waals surface area contributed by atoms with Gasteiger partial charge in [-0.05, 0) is 31.9 Å². The Labute approximate surface area is 107 Å². The first-order valence-electron chi connectivity index (χ1n) is 5.93. The summed E-state index contributed by atoms with van der Waals surface area (Å²) in [5, 5.41) is 3.22. The summed E-state index contributed by atoms with van der Waals surface area (Å²) in [6.45, 7) is 6.20. The Morgan fingerprint density at radius 1 is 1.50 bits per heavy atom. The van der Waals surface area contributed by atoms with Gasteiger partial charge in [-0.15, -0.1) is 0 Å². The van der Waals surface area contributed by atoms with Crippen LogP contribution in [-0.2, 0) is 16.6 Å². The van der Waals surface area contributed by atoms with Gasteiger partial charge in [0.1, 0.15) is 5.76 Å². The maximum Gasteiger partial charge on any atom is 0.274 e. The standard InChI is InChI=1S/C12H18N2O3S/c1-9(2)7-14-18(15,16)12-6-5-11(17-12)8-13-10-3-4-10/h5-6,10,13-14H,1,3-4,7-8H2,2H3. The molecular formula is C12H18N2O3S. The molecule has 0 spiro atoms. The van der Waals surface area contributed by atoms with E-state index in [4.69, 9.17) is 4.42 Å². The summed E-state index contributed by atoms with van der Waals surface area (Å²) >= 11 is 0. The predicted molar refractivity (Wildman–Crippen MR) is 68.6 cm³/mol. The highest BCUT2D eigenvalue weighted by atomic mass is 32.2. The highest BCUT2D eigenvalue weighted by Crippen LogP contribution is 2.20. The van der Waals surface area contributed by atoms with Gasteiger partial charge >= 0.3 is 0 Å². The quantitative estimate of drug-likeness (QED) is 0.734. The maximum atomic E-state index is 11.8. The van der Waals surface area contributed by atoms with Crippen LogP contribution in [0, 0.1) is 0 Å². The van der Waals surface area contributed by atoms with Crippen molar-refractivity contribution in [1.29, 1.82) is 0 Å². The fraction of sp³-hybridized carbons (Fsp3) is 0.500. The SMILES string of the molecule is C=C(C)CNS(=O)(=O)c1ccc(CNC2CC2)o1. The molecule has 6 heteroatoms. The van der Waals surface area contributed by atoms with E-state index < -0.39 is 10.0 Å². The number of hydrogen-bond donors (Lipinski definition) is 2. The monoisotopic (exact) mass is 270 g/mol. The topological polar surface area (TPSA) is 71.3 Å². The largest absolute Gasteiger partial charge is 0.447 e. The molecule has 0 saturated heterocycles. The summed E-state index contributed by atoms with van der Waals surface area (Å²) in [7, 11) is -3.56. The Balaban J connectivity index is 1.96. The summed E-state index contributed by atoms with van der Waals surface area (Å²) < 4.78 is 31.4. The van der Waals surface area contributed by atoms with Crippen LogP contribution < -0.4 is 10.0 Å². The molecule has 1 heterocycles. The molecule has 5 nitrogen and oxygen atoms in total. The Hall–Kier alpha value is -1.11. The van der Waals surface area contributed by atoms with E-state index in [0.29, 0.717) is 18.3 Å². The molecule has 100 valence electrons. The molecule has 2 N–H and O–H groups in total. The van der Waals surface area contributed by atoms with Gasteiger partial charge in [-0.2, -0.15) is 0 Å². The van der Waals surface area contributed by atoms with Crippen molar-refractivity contribution in [2.24, 2.45) is 0 Å². The van der Waals surface area contributed by atoms with Crippen LogP contribution in [0.25, 0.3) is 0 Å². The van der Waals surface area contributed by atoms with Crippen molar-refractivity contribution in [3.63, 3.8) is 0 Å². The third-order valence-electron chi connectivity index (χ3n) is 2.61. The van der Waals surface area contributed by atoms with E-state index in [1.165, 1.54) is 18.9 Å². The molecule has 0 bridgehead atoms. The number of hydrogen-bond acceptors (Lipinski definition) is 4. The van der Waals surface area contributed by atoms with Crippen molar-refractivity contribution < 1.29 is 12.8 Å². The fourth-order valence-corrected chi connectivity index (χ4v) is 2.46. The van der Waals surface area contributed by atoms with Crippen molar-refractivity contribution >= 4 is 10.0 Å². The molecule has 0 aromatic carbocycles. The van der Waals surface area contributed by atoms with Gasteiger partial charge in [0, 0.05) is 12.6 Å². The zero-order valence-electron chi connectivity index (χ0n) is 10.4. The molecule has 1 fully saturated rings. The third kappa shape index (κ3) is 3.69. The molecule has 2 rings (SSSR count). The van der Waals surface area contributed by atoms with Crippen LogP contribution in [0.5, 0.6) is 0 Å². The normalized spacial score (nSPS) is 15.8. The minimum absolute atomic E-state index is 0.0450. The summed E-state index contributed by atoms with van der Waals surface area (Å²) in [5.41, 5.74) is 0.751. The van der Waals surface area contributed by atoms with Gasteiger partial charge in [0.2, 0.25) is 5.09 Å². The van der Waals surface area contributed by atoms with Gasteiger partial charge in [0.15, 0.2) is 0 Å². The van der Waals surface area contributed by atoms with Crippen LogP contribution in [0.1, 0.15) is 25.5 Å². The first-order chi connectivity index (χ1) is 8.47. The highest BCUT2D eigenvalue weighted by molar-refractivity contribution is 7.89. The zero-order chi connectivity index (χ0) is 13.2. The van der Waals surface area contributed by atoms with E-state index in [1.807, 2.05) is 0 Å². The summed E-state index contributed by atoms with van der Waals surface area (Å²) in [5.74, 6) is 0.637. The van der Waals surface area contributed by atoms with Crippen molar-refractivity contribution in [2.75, 3.05) is 6.54 Å². The van der Waals surface area contributed by atoms with Gasteiger partial charge in [-0.1, -0.05) is 12.2 Å². The molecule has 1 aromatic heterocycles. The second kappa shape index (κ2) is 5.26. The van der Waals surface area contributed by atoms with Crippen LogP contribution in [0.3, 0.4) is 0 Å². The van der Waals surface area contributed by atoms with E-state index >= 15 is 0 Å². The second-order valence-electron chi connectivity index (χ2n) is 4.66. The van der Waals surface area contributed by atoms with Gasteiger partial charge < -0.3 is 9.73 Å². The van der Waals surface area contributed by atoms with Gasteiger partial charge in [-0.25, -0.2) is 13.1 Å². The van der Waals surface area contributed by atoms with Crippen LogP contribution >= 0.6 is 0 Å². The van der Waals surface area contributed by atoms with Crippen molar-refractivity contribution in [3.05, 3.63) is 30.0 Å². The third-order valence-corrected chi connectivity index (χ3v) is 3.88. The smallest absolute Gasteiger partial charge is 0.274 e. The molecule has 1 aromatic rings. The van der Waals surface area contributed by atoms with Gasteiger partial charge in [0.05, 0.1) is 6.54 Å². The summed E-state index contributed by atoms with van der Waals surface area (Å²) in [6, 6.07) is 3.73. The predicted octanol–water partition coefficient (Wildman–Crippen LogP) is 1.39. The molecule has 1 aliphatic rings. The Morgan fingerprint density at radius 3 is 2.83 bits per heavy atom. The van der Waals surface area contributed by atoms with E-state index in [2.05, 4.69) is 16.6 Å². The Morgan fingerprint density at radius 2 is 2.22 bits per heavy atom. The van der Waals surface area contributed by atoms with Crippen molar-refractivity contribution in [2.45, 2.75) is 37.4 Å². The van der Waals surface area contributed by atoms with E-state index in [-0.39, 0.29) is 11.6 Å². The molecule has 0 radical (unpaired) electrons. The van der Waals surface area contributed by atoms with E-state index in [9.17, 15) is 8.42 Å². The van der Waals surface area contributed by atoms with E-state index in [1.54, 1.807) is 13.0 Å². The van der Waals surface area contributed by atoms with Crippen molar-refractivity contribution in [3.8, 4) is 0 Å². The number of rotatable bonds is 7. The highest BCUT2D eigenvalue weighted by Gasteiger charge is 2.22. The lowest BCUT2D eigenvalue weighted by atomic mass is 10.4. The Kier molecular flexibility index (Phi) is 3.89. The summed E-state index contributed by atoms with van der Waals surface area (Å²) in [6.07, 6.45) is 2.37. The van der Waals surface area contributed by atoms with Crippen LogP contribution in [0.4, 0.5) is 0 Å². The fourth-order valence-electron chi connectivity index (χ4n) is 1.42. The van der Waals surface area contributed by atoms with Crippen LogP contribution in [0.15, 0.2) is 33.8 Å². The molecule has 1 saturated carbocycles. The average Bonchev–Trinajstić information content (AvgIpc) is 3.00. The molecule has 18 heavy (non-hydrogen) atoms. The Bertz CT molecular complexity index is 529. The number of sulfonamides is 1. The number of furan rings is 1. The number of nitrogens with one attached hydrogen (secondary N) is 2. The lowest BCUT2D eigenvalue weighted by Gasteiger charge is -2.03. The molecule has 0 unspecified atom stereocenters. The van der Waals surface area contributed by atoms with Gasteiger partial charge in [-0.3, -0.25) is 0 Å². The molecule has 0 atom stereocenters. The van der Waals surface area contributed by atoms with Crippen LogP contribution in [-0.4, -0.2) is 21.0 Å². The molecule has 1 aliphatic carbocycles. The average molecular weight is 270 g/mol. The molecular weight excluding hydrogens is 252 g/mol. The van der Waals surface area contributed by atoms with E-state index in [0.717, 1.165) is 5.57 Å². The zero-order valence-corrected chi connectivity index (χ0v) is 11.2. The first kappa shape index (κ1) is 13.3. The van der Waals surface area contributed by atoms with Gasteiger partial charge in [0.25, 0.3) is 10.0 Å². The first-order valence-corrected chi connectivity index (χ1v) is 7.42. The second-order valence-corrected chi connectivity index (χ2v) is 6.36. The molecule has 0 amide bonds. The molecule has 0 aliphatic heterocycles. The van der Waals surface area contributed by atoms with Crippen molar-refractivity contribution in [1.82, 2.24) is 10.0 Å². The minimum Gasteiger partial charge on any atom is -0.447 e. The van der Waals surface area contributed by atoms with Crippen LogP contribution in [0.2, 0.25) is 0 Å². The summed E-state index contributed by atoms with van der Waals surface area (Å²) in [4.78, 5) is 0.